The summed E-state index contributed by atoms with van der Waals surface area (Å²) in [5.74, 6) is 1.48. The minimum absolute atomic E-state index is 0.187. The molecule has 2 aromatic carbocycles. The zero-order valence-corrected chi connectivity index (χ0v) is 33.0. The second kappa shape index (κ2) is 17.4. The number of amidine groups is 1. The number of fused-ring (bicyclic) bond motifs is 3. The summed E-state index contributed by atoms with van der Waals surface area (Å²) < 4.78 is 5.48. The number of hydrogen-bond acceptors (Lipinski definition) is 9. The second-order valence-corrected chi connectivity index (χ2v) is 15.2. The van der Waals surface area contributed by atoms with Crippen LogP contribution in [0.3, 0.4) is 0 Å². The number of amides is 1. The van der Waals surface area contributed by atoms with E-state index in [0.717, 1.165) is 94.2 Å². The van der Waals surface area contributed by atoms with Crippen LogP contribution >= 0.6 is 11.3 Å². The maximum absolute atomic E-state index is 12.9. The minimum Gasteiger partial charge on any atom is -0.381 e. The first-order valence-electron chi connectivity index (χ1n) is 19.0. The molecule has 0 atom stereocenters. The van der Waals surface area contributed by atoms with Gasteiger partial charge in [0.15, 0.2) is 0 Å². The molecule has 1 amide bonds. The number of nitrogens with one attached hydrogen (secondary N) is 2. The van der Waals surface area contributed by atoms with Crippen molar-refractivity contribution in [2.75, 3.05) is 55.0 Å². The predicted molar refractivity (Wildman–Crippen MR) is 223 cm³/mol. The Morgan fingerprint density at radius 2 is 1.78 bits per heavy atom. The Hall–Kier alpha value is -5.06. The number of likely N-dealkylation sites (N-methyl/N-ethyl adjacent to an activating group) is 1. The number of ether oxygens (including phenoxy) is 1. The molecule has 9 nitrogen and oxygen atoms in total. The van der Waals surface area contributed by atoms with Crippen LogP contribution in [0.4, 0.5) is 17.2 Å². The van der Waals surface area contributed by atoms with Gasteiger partial charge in [0.05, 0.1) is 10.4 Å². The number of rotatable bonds is 5. The molecule has 4 aliphatic heterocycles. The third kappa shape index (κ3) is 8.50. The summed E-state index contributed by atoms with van der Waals surface area (Å²) in [6.07, 6.45) is 11.8. The molecule has 0 bridgehead atoms. The number of aldehydes is 1. The number of aryl methyl sites for hydroxylation is 1. The molecule has 6 heterocycles. The molecule has 1 spiro atoms. The van der Waals surface area contributed by atoms with Gasteiger partial charge in [0.1, 0.15) is 17.9 Å². The fourth-order valence-corrected chi connectivity index (χ4v) is 8.73. The van der Waals surface area contributed by atoms with Crippen LogP contribution in [0, 0.1) is 19.3 Å². The Morgan fingerprint density at radius 3 is 2.52 bits per heavy atom. The van der Waals surface area contributed by atoms with Crippen LogP contribution in [-0.4, -0.2) is 62.9 Å². The summed E-state index contributed by atoms with van der Waals surface area (Å²) in [5.41, 5.74) is 9.54. The molecule has 8 rings (SSSR count). The number of allylic oxidation sites excluding steroid dienone is 2. The molecular weight excluding hydrogens is 693 g/mol. The fraction of sp³-hybridized carbons (Fsp3) is 0.364. The van der Waals surface area contributed by atoms with Gasteiger partial charge >= 0.3 is 0 Å². The molecule has 2 saturated heterocycles. The lowest BCUT2D eigenvalue weighted by molar-refractivity contribution is -0.000510. The van der Waals surface area contributed by atoms with E-state index >= 15 is 0 Å². The standard InChI is InChI=1S/C21H23N3O3.C21H23N3S.C2H6/c1-15-10-18(20(26)23-17-4-2-16(12-25)3-5-17)19(22-11-15)24-13-21(14-24)6-8-27-9-7-21;1-14-8-6-7-12-22-21(23-14)19-15(2)16-11-13-24(3)18-10-5-4-9-17(18)20(16)25-19;1-2/h2-5,10-12H,6-9,13-14H2,1H3,(H,23,26);4-5,7,9-10,12H,1,6,8,11,13H2,2-3H3,(H,22,23);1-2H3/b;12-7-;. The summed E-state index contributed by atoms with van der Waals surface area (Å²) >= 11 is 1.85. The molecule has 4 aliphatic rings. The zero-order chi connectivity index (χ0) is 38.2. The molecule has 0 aliphatic carbocycles. The number of benzene rings is 2. The van der Waals surface area contributed by atoms with Gasteiger partial charge < -0.3 is 25.2 Å². The maximum atomic E-state index is 12.9. The van der Waals surface area contributed by atoms with Gasteiger partial charge in [-0.1, -0.05) is 44.7 Å². The summed E-state index contributed by atoms with van der Waals surface area (Å²) in [7, 11) is 2.18. The van der Waals surface area contributed by atoms with Gasteiger partial charge in [-0.05, 0) is 99.0 Å². The molecule has 10 heteroatoms. The highest BCUT2D eigenvalue weighted by Gasteiger charge is 2.45. The van der Waals surface area contributed by atoms with Crippen LogP contribution in [0.2, 0.25) is 0 Å². The topological polar surface area (TPSA) is 99.2 Å². The summed E-state index contributed by atoms with van der Waals surface area (Å²) in [6.45, 7) is 16.8. The van der Waals surface area contributed by atoms with Crippen molar-refractivity contribution in [3.05, 3.63) is 118 Å². The lowest BCUT2D eigenvalue weighted by Gasteiger charge is -2.53. The van der Waals surface area contributed by atoms with Gasteiger partial charge in [0.2, 0.25) is 0 Å². The molecule has 54 heavy (non-hydrogen) atoms. The van der Waals surface area contributed by atoms with E-state index in [1.807, 2.05) is 44.4 Å². The highest BCUT2D eigenvalue weighted by molar-refractivity contribution is 7.18. The van der Waals surface area contributed by atoms with Crippen molar-refractivity contribution in [2.24, 2.45) is 10.4 Å². The highest BCUT2D eigenvalue weighted by Crippen LogP contribution is 2.44. The lowest BCUT2D eigenvalue weighted by Crippen LogP contribution is -2.59. The van der Waals surface area contributed by atoms with E-state index < -0.39 is 0 Å². The van der Waals surface area contributed by atoms with Crippen LogP contribution in [0.5, 0.6) is 0 Å². The van der Waals surface area contributed by atoms with Crippen LogP contribution in [0.1, 0.15) is 81.8 Å². The van der Waals surface area contributed by atoms with E-state index in [4.69, 9.17) is 4.74 Å². The molecule has 0 unspecified atom stereocenters. The van der Waals surface area contributed by atoms with Crippen molar-refractivity contribution in [3.8, 4) is 10.4 Å². The zero-order valence-electron chi connectivity index (χ0n) is 32.2. The number of thiophene rings is 1. The van der Waals surface area contributed by atoms with E-state index in [0.29, 0.717) is 22.2 Å². The Labute approximate surface area is 323 Å². The Balaban J connectivity index is 0.000000177. The van der Waals surface area contributed by atoms with Gasteiger partial charge in [-0.2, -0.15) is 0 Å². The van der Waals surface area contributed by atoms with Gasteiger partial charge in [0.25, 0.3) is 5.91 Å². The van der Waals surface area contributed by atoms with Crippen LogP contribution in [0.25, 0.3) is 10.4 Å². The molecule has 2 aromatic heterocycles. The number of aromatic nitrogens is 1. The van der Waals surface area contributed by atoms with Crippen molar-refractivity contribution < 1.29 is 14.3 Å². The van der Waals surface area contributed by atoms with E-state index in [1.54, 1.807) is 30.5 Å². The van der Waals surface area contributed by atoms with Crippen molar-refractivity contribution in [1.29, 1.82) is 0 Å². The average Bonchev–Trinajstić information content (AvgIpc) is 3.43. The first kappa shape index (κ1) is 38.7. The molecule has 282 valence electrons. The number of pyridine rings is 1. The Bertz CT molecular complexity index is 2040. The smallest absolute Gasteiger partial charge is 0.259 e. The largest absolute Gasteiger partial charge is 0.381 e. The maximum Gasteiger partial charge on any atom is 0.259 e. The number of carbonyl (C=O) groups is 2. The number of nitrogens with zero attached hydrogens (tertiary/aromatic N) is 4. The third-order valence-electron chi connectivity index (χ3n) is 10.4. The number of anilines is 3. The summed E-state index contributed by atoms with van der Waals surface area (Å²) in [6, 6.07) is 17.4. The Kier molecular flexibility index (Phi) is 12.4. The van der Waals surface area contributed by atoms with Crippen molar-refractivity contribution in [2.45, 2.75) is 59.8 Å². The van der Waals surface area contributed by atoms with Crippen molar-refractivity contribution in [1.82, 2.24) is 10.3 Å². The number of hydrogen-bond donors (Lipinski definition) is 2. The fourth-order valence-electron chi connectivity index (χ4n) is 7.39. The van der Waals surface area contributed by atoms with Gasteiger partial charge in [-0.15, -0.1) is 11.3 Å². The number of aliphatic imine (C=N–C) groups is 1. The van der Waals surface area contributed by atoms with Crippen LogP contribution < -0.4 is 20.4 Å². The van der Waals surface area contributed by atoms with E-state index in [-0.39, 0.29) is 5.91 Å². The van der Waals surface area contributed by atoms with Crippen LogP contribution in [0.15, 0.2) is 90.3 Å². The first-order valence-corrected chi connectivity index (χ1v) is 19.8. The molecule has 2 fully saturated rings. The highest BCUT2D eigenvalue weighted by atomic mass is 32.1. The van der Waals surface area contributed by atoms with Crippen molar-refractivity contribution in [3.63, 3.8) is 0 Å². The SMILES string of the molecule is C=C1CC/C=C\N=C(c2sc3c(c2C)CCN(C)c2ccccc2-3)N1.CC.Cc1cnc(N2CC3(CCOCC3)C2)c(C(=O)Nc2ccc(C=O)cc2)c1. The lowest BCUT2D eigenvalue weighted by atomic mass is 9.73. The summed E-state index contributed by atoms with van der Waals surface area (Å²) in [5, 5.41) is 6.35. The van der Waals surface area contributed by atoms with Gasteiger partial charge in [0, 0.05) is 90.8 Å². The van der Waals surface area contributed by atoms with Crippen molar-refractivity contribution >= 4 is 46.6 Å². The molecular formula is C44H52N6O3S. The number of carbonyl (C=O) groups excluding carboxylic acids is 2. The monoisotopic (exact) mass is 744 g/mol. The summed E-state index contributed by atoms with van der Waals surface area (Å²) in [4.78, 5) is 40.1. The molecule has 4 aromatic rings. The van der Waals surface area contributed by atoms with E-state index in [9.17, 15) is 9.59 Å². The molecule has 2 N–H and O–H groups in total. The third-order valence-corrected chi connectivity index (χ3v) is 11.8. The minimum atomic E-state index is -0.187. The first-order chi connectivity index (χ1) is 26.2. The van der Waals surface area contributed by atoms with Gasteiger partial charge in [-0.25, -0.2) is 9.98 Å². The van der Waals surface area contributed by atoms with E-state index in [2.05, 4.69) is 81.3 Å². The second-order valence-electron chi connectivity index (χ2n) is 14.2. The Morgan fingerprint density at radius 1 is 1.04 bits per heavy atom. The van der Waals surface area contributed by atoms with E-state index in [1.165, 1.54) is 32.1 Å². The quantitative estimate of drug-likeness (QED) is 0.197. The average molecular weight is 745 g/mol. The van der Waals surface area contributed by atoms with Crippen LogP contribution in [-0.2, 0) is 11.2 Å². The van der Waals surface area contributed by atoms with Gasteiger partial charge in [-0.3, -0.25) is 9.59 Å². The predicted octanol–water partition coefficient (Wildman–Crippen LogP) is 8.97. The molecule has 0 saturated carbocycles. The molecule has 0 radical (unpaired) electrons. The number of para-hydroxylation sites is 1. The normalized spacial score (nSPS) is 17.6.